The molecule has 0 aromatic carbocycles. The quantitative estimate of drug-likeness (QED) is 0.753. The third-order valence-electron chi connectivity index (χ3n) is 3.19. The number of pyridine rings is 1. The van der Waals surface area contributed by atoms with Crippen molar-refractivity contribution in [3.8, 4) is 5.88 Å². The highest BCUT2D eigenvalue weighted by Crippen LogP contribution is 2.25. The number of nitrogens with zero attached hydrogens (tertiary/aromatic N) is 1. The molecule has 98 valence electrons. The van der Waals surface area contributed by atoms with E-state index in [4.69, 9.17) is 9.47 Å². The summed E-state index contributed by atoms with van der Waals surface area (Å²) in [5.41, 5.74) is 0.463. The molecule has 0 spiro atoms. The van der Waals surface area contributed by atoms with Gasteiger partial charge < -0.3 is 9.47 Å². The molecule has 18 heavy (non-hydrogen) atoms. The number of aromatic nitrogens is 1. The smallest absolute Gasteiger partial charge is 0.339 e. The monoisotopic (exact) mass is 249 g/mol. The minimum absolute atomic E-state index is 0.340. The van der Waals surface area contributed by atoms with Crippen molar-refractivity contribution in [2.24, 2.45) is 5.92 Å². The Kier molecular flexibility index (Phi) is 4.56. The highest BCUT2D eigenvalue weighted by Gasteiger charge is 2.15. The number of ether oxygens (including phenoxy) is 2. The standard InChI is InChI=1S/C14H19NO3/c1-2-17-14(16)12-7-8-13(15-9-12)18-10-11-5-3-4-6-11/h7-9,11H,2-6,10H2,1H3. The average Bonchev–Trinajstić information content (AvgIpc) is 2.90. The fraction of sp³-hybridized carbons (Fsp3) is 0.571. The molecule has 0 atom stereocenters. The van der Waals surface area contributed by atoms with Gasteiger partial charge in [-0.05, 0) is 31.7 Å². The van der Waals surface area contributed by atoms with E-state index in [2.05, 4.69) is 4.98 Å². The van der Waals surface area contributed by atoms with E-state index in [1.54, 1.807) is 19.1 Å². The van der Waals surface area contributed by atoms with Gasteiger partial charge in [0.2, 0.25) is 5.88 Å². The van der Waals surface area contributed by atoms with E-state index in [0.29, 0.717) is 24.0 Å². The van der Waals surface area contributed by atoms with Crippen molar-refractivity contribution >= 4 is 5.97 Å². The lowest BCUT2D eigenvalue weighted by molar-refractivity contribution is 0.0526. The largest absolute Gasteiger partial charge is 0.477 e. The molecule has 1 aliphatic rings. The second kappa shape index (κ2) is 6.38. The molecule has 4 heteroatoms. The summed E-state index contributed by atoms with van der Waals surface area (Å²) < 4.78 is 10.5. The Morgan fingerprint density at radius 3 is 2.78 bits per heavy atom. The van der Waals surface area contributed by atoms with Gasteiger partial charge in [-0.2, -0.15) is 0 Å². The van der Waals surface area contributed by atoms with Gasteiger partial charge in [0.25, 0.3) is 0 Å². The first kappa shape index (κ1) is 12.9. The van der Waals surface area contributed by atoms with Crippen molar-refractivity contribution in [3.05, 3.63) is 23.9 Å². The second-order valence-corrected chi connectivity index (χ2v) is 4.57. The number of hydrogen-bond acceptors (Lipinski definition) is 4. The zero-order valence-corrected chi connectivity index (χ0v) is 10.7. The zero-order chi connectivity index (χ0) is 12.8. The maximum absolute atomic E-state index is 11.4. The summed E-state index contributed by atoms with van der Waals surface area (Å²) in [6.07, 6.45) is 6.62. The van der Waals surface area contributed by atoms with Crippen LogP contribution in [-0.4, -0.2) is 24.2 Å². The minimum atomic E-state index is -0.340. The third-order valence-corrected chi connectivity index (χ3v) is 3.19. The van der Waals surface area contributed by atoms with Gasteiger partial charge in [0, 0.05) is 12.3 Å². The van der Waals surface area contributed by atoms with Crippen molar-refractivity contribution in [3.63, 3.8) is 0 Å². The van der Waals surface area contributed by atoms with Crippen molar-refractivity contribution < 1.29 is 14.3 Å². The molecule has 0 unspecified atom stereocenters. The summed E-state index contributed by atoms with van der Waals surface area (Å²) in [5, 5.41) is 0. The number of carbonyl (C=O) groups excluding carboxylic acids is 1. The molecular weight excluding hydrogens is 230 g/mol. The average molecular weight is 249 g/mol. The molecule has 1 aliphatic carbocycles. The summed E-state index contributed by atoms with van der Waals surface area (Å²) in [6, 6.07) is 3.41. The van der Waals surface area contributed by atoms with Crippen molar-refractivity contribution in [1.29, 1.82) is 0 Å². The van der Waals surface area contributed by atoms with Crippen LogP contribution >= 0.6 is 0 Å². The van der Waals surface area contributed by atoms with Crippen LogP contribution in [-0.2, 0) is 4.74 Å². The highest BCUT2D eigenvalue weighted by molar-refractivity contribution is 5.89. The van der Waals surface area contributed by atoms with E-state index in [-0.39, 0.29) is 5.97 Å². The molecule has 1 saturated carbocycles. The molecule has 0 bridgehead atoms. The predicted molar refractivity (Wildman–Crippen MR) is 67.6 cm³/mol. The Morgan fingerprint density at radius 2 is 2.17 bits per heavy atom. The third kappa shape index (κ3) is 3.45. The van der Waals surface area contributed by atoms with Gasteiger partial charge in [-0.1, -0.05) is 12.8 Å². The fourth-order valence-corrected chi connectivity index (χ4v) is 2.18. The number of carbonyl (C=O) groups is 1. The summed E-state index contributed by atoms with van der Waals surface area (Å²) >= 11 is 0. The molecule has 4 nitrogen and oxygen atoms in total. The van der Waals surface area contributed by atoms with Crippen LogP contribution in [0.5, 0.6) is 5.88 Å². The van der Waals surface area contributed by atoms with Crippen molar-refractivity contribution in [2.45, 2.75) is 32.6 Å². The highest BCUT2D eigenvalue weighted by atomic mass is 16.5. The predicted octanol–water partition coefficient (Wildman–Crippen LogP) is 2.83. The van der Waals surface area contributed by atoms with Crippen LogP contribution in [0, 0.1) is 5.92 Å². The number of esters is 1. The van der Waals surface area contributed by atoms with Crippen LogP contribution < -0.4 is 4.74 Å². The zero-order valence-electron chi connectivity index (χ0n) is 10.7. The number of hydrogen-bond donors (Lipinski definition) is 0. The van der Waals surface area contributed by atoms with E-state index in [1.165, 1.54) is 31.9 Å². The fourth-order valence-electron chi connectivity index (χ4n) is 2.18. The van der Waals surface area contributed by atoms with Gasteiger partial charge in [0.1, 0.15) is 0 Å². The van der Waals surface area contributed by atoms with Gasteiger partial charge in [0.15, 0.2) is 0 Å². The summed E-state index contributed by atoms with van der Waals surface area (Å²) in [5.74, 6) is 0.902. The lowest BCUT2D eigenvalue weighted by Crippen LogP contribution is -2.09. The lowest BCUT2D eigenvalue weighted by Gasteiger charge is -2.10. The van der Waals surface area contributed by atoms with Crippen LogP contribution in [0.1, 0.15) is 43.0 Å². The number of rotatable bonds is 5. The molecular formula is C14H19NO3. The molecule has 0 N–H and O–H groups in total. The van der Waals surface area contributed by atoms with E-state index in [1.807, 2.05) is 0 Å². The summed E-state index contributed by atoms with van der Waals surface area (Å²) in [4.78, 5) is 15.5. The molecule has 0 radical (unpaired) electrons. The molecule has 0 saturated heterocycles. The minimum Gasteiger partial charge on any atom is -0.477 e. The maximum Gasteiger partial charge on any atom is 0.339 e. The van der Waals surface area contributed by atoms with Crippen molar-refractivity contribution in [1.82, 2.24) is 4.98 Å². The van der Waals surface area contributed by atoms with Crippen LogP contribution in [0.25, 0.3) is 0 Å². The molecule has 0 aliphatic heterocycles. The van der Waals surface area contributed by atoms with Gasteiger partial charge in [-0.15, -0.1) is 0 Å². The van der Waals surface area contributed by atoms with Crippen molar-refractivity contribution in [2.75, 3.05) is 13.2 Å². The first-order valence-corrected chi connectivity index (χ1v) is 6.55. The topological polar surface area (TPSA) is 48.4 Å². The SMILES string of the molecule is CCOC(=O)c1ccc(OCC2CCCC2)nc1. The molecule has 0 amide bonds. The normalized spacial score (nSPS) is 15.6. The molecule has 1 aromatic rings. The molecule has 2 rings (SSSR count). The van der Waals surface area contributed by atoms with E-state index < -0.39 is 0 Å². The Hall–Kier alpha value is -1.58. The van der Waals surface area contributed by atoms with Gasteiger partial charge >= 0.3 is 5.97 Å². The lowest BCUT2D eigenvalue weighted by atomic mass is 10.1. The van der Waals surface area contributed by atoms with Crippen LogP contribution in [0.4, 0.5) is 0 Å². The van der Waals surface area contributed by atoms with Crippen LogP contribution in [0.15, 0.2) is 18.3 Å². The Balaban J connectivity index is 1.85. The van der Waals surface area contributed by atoms with E-state index >= 15 is 0 Å². The summed E-state index contributed by atoms with van der Waals surface area (Å²) in [6.45, 7) is 2.88. The van der Waals surface area contributed by atoms with Gasteiger partial charge in [-0.25, -0.2) is 9.78 Å². The van der Waals surface area contributed by atoms with E-state index in [0.717, 1.165) is 6.61 Å². The Labute approximate surface area is 107 Å². The first-order chi connectivity index (χ1) is 8.79. The maximum atomic E-state index is 11.4. The Morgan fingerprint density at radius 1 is 1.39 bits per heavy atom. The summed E-state index contributed by atoms with van der Waals surface area (Å²) in [7, 11) is 0. The van der Waals surface area contributed by atoms with E-state index in [9.17, 15) is 4.79 Å². The first-order valence-electron chi connectivity index (χ1n) is 6.55. The van der Waals surface area contributed by atoms with Crippen LogP contribution in [0.2, 0.25) is 0 Å². The molecule has 1 aromatic heterocycles. The molecule has 1 heterocycles. The van der Waals surface area contributed by atoms with Crippen LogP contribution in [0.3, 0.4) is 0 Å². The molecule has 1 fully saturated rings. The van der Waals surface area contributed by atoms with Gasteiger partial charge in [0.05, 0.1) is 18.8 Å². The van der Waals surface area contributed by atoms with Gasteiger partial charge in [-0.3, -0.25) is 0 Å². The second-order valence-electron chi connectivity index (χ2n) is 4.57. The Bertz CT molecular complexity index is 383.